The minimum absolute atomic E-state index is 0.192. The lowest BCUT2D eigenvalue weighted by molar-refractivity contribution is -0.136. The fraction of sp³-hybridized carbons (Fsp3) is 0.150. The highest BCUT2D eigenvalue weighted by Gasteiger charge is 2.33. The summed E-state index contributed by atoms with van der Waals surface area (Å²) in [6.07, 6.45) is -4.55. The molecular weight excluding hydrogens is 343 g/mol. The molecule has 3 rings (SSSR count). The number of nitrogens with one attached hydrogen (secondary N) is 1. The molecule has 26 heavy (non-hydrogen) atoms. The van der Waals surface area contributed by atoms with E-state index >= 15 is 0 Å². The Labute approximate surface area is 148 Å². The molecule has 0 atom stereocenters. The van der Waals surface area contributed by atoms with Gasteiger partial charge in [0.05, 0.1) is 16.8 Å². The molecule has 0 saturated heterocycles. The van der Waals surface area contributed by atoms with Crippen molar-refractivity contribution < 1.29 is 22.4 Å². The Morgan fingerprint density at radius 1 is 1.00 bits per heavy atom. The number of benzene rings is 2. The van der Waals surface area contributed by atoms with Crippen molar-refractivity contribution in [1.29, 1.82) is 0 Å². The van der Waals surface area contributed by atoms with Crippen molar-refractivity contribution in [3.8, 4) is 11.3 Å². The van der Waals surface area contributed by atoms with Crippen LogP contribution in [0.4, 0.5) is 18.9 Å². The molecule has 2 aromatic carbocycles. The van der Waals surface area contributed by atoms with E-state index in [0.717, 1.165) is 17.2 Å². The van der Waals surface area contributed by atoms with Crippen molar-refractivity contribution in [2.24, 2.45) is 0 Å². The molecule has 6 heteroatoms. The lowest BCUT2D eigenvalue weighted by Crippen LogP contribution is -2.16. The average Bonchev–Trinajstić information content (AvgIpc) is 2.97. The zero-order valence-corrected chi connectivity index (χ0v) is 14.1. The Kier molecular flexibility index (Phi) is 4.59. The summed E-state index contributed by atoms with van der Waals surface area (Å²) in [5.41, 5.74) is 0.875. The van der Waals surface area contributed by atoms with Gasteiger partial charge in [0.25, 0.3) is 5.91 Å². The minimum atomic E-state index is -4.55. The van der Waals surface area contributed by atoms with E-state index in [9.17, 15) is 18.0 Å². The zero-order chi connectivity index (χ0) is 18.9. The predicted octanol–water partition coefficient (Wildman–Crippen LogP) is 5.83. The maximum Gasteiger partial charge on any atom is 0.418 e. The van der Waals surface area contributed by atoms with E-state index in [1.807, 2.05) is 31.2 Å². The van der Waals surface area contributed by atoms with Crippen molar-refractivity contribution >= 4 is 11.6 Å². The van der Waals surface area contributed by atoms with Crippen LogP contribution in [-0.2, 0) is 6.18 Å². The first-order valence-corrected chi connectivity index (χ1v) is 7.91. The monoisotopic (exact) mass is 359 g/mol. The second kappa shape index (κ2) is 6.71. The Balaban J connectivity index is 1.89. The third-order valence-electron chi connectivity index (χ3n) is 3.98. The number of aryl methyl sites for hydroxylation is 2. The molecule has 0 saturated carbocycles. The van der Waals surface area contributed by atoms with Crippen LogP contribution in [0.25, 0.3) is 11.3 Å². The first kappa shape index (κ1) is 17.8. The van der Waals surface area contributed by atoms with Gasteiger partial charge in [-0.15, -0.1) is 0 Å². The highest BCUT2D eigenvalue weighted by molar-refractivity contribution is 6.06. The zero-order valence-electron chi connectivity index (χ0n) is 14.1. The molecule has 134 valence electrons. The summed E-state index contributed by atoms with van der Waals surface area (Å²) in [4.78, 5) is 12.5. The predicted molar refractivity (Wildman–Crippen MR) is 93.0 cm³/mol. The van der Waals surface area contributed by atoms with Crippen LogP contribution in [0, 0.1) is 13.8 Å². The molecule has 0 radical (unpaired) electrons. The average molecular weight is 359 g/mol. The molecule has 0 unspecified atom stereocenters. The molecule has 1 aromatic heterocycles. The number of anilines is 1. The highest BCUT2D eigenvalue weighted by Crippen LogP contribution is 2.35. The number of hydrogen-bond acceptors (Lipinski definition) is 2. The van der Waals surface area contributed by atoms with Crippen LogP contribution in [0.2, 0.25) is 0 Å². The van der Waals surface area contributed by atoms with Gasteiger partial charge in [0, 0.05) is 5.56 Å². The number of carbonyl (C=O) groups is 1. The van der Waals surface area contributed by atoms with E-state index in [1.54, 1.807) is 6.92 Å². The van der Waals surface area contributed by atoms with Gasteiger partial charge in [-0.05, 0) is 32.0 Å². The standard InChI is InChI=1S/C20H16F3NO2/c1-12-7-9-14(10-8-12)18-11-15(13(2)26-18)19(25)24-17-6-4-3-5-16(17)20(21,22)23/h3-11H,1-2H3,(H,24,25). The minimum Gasteiger partial charge on any atom is -0.461 e. The van der Waals surface area contributed by atoms with Crippen LogP contribution in [-0.4, -0.2) is 5.91 Å². The fourth-order valence-corrected chi connectivity index (χ4v) is 2.60. The van der Waals surface area contributed by atoms with Gasteiger partial charge in [-0.1, -0.05) is 42.0 Å². The molecule has 0 aliphatic rings. The van der Waals surface area contributed by atoms with Gasteiger partial charge >= 0.3 is 6.18 Å². The summed E-state index contributed by atoms with van der Waals surface area (Å²) in [6, 6.07) is 13.9. The number of hydrogen-bond donors (Lipinski definition) is 1. The summed E-state index contributed by atoms with van der Waals surface area (Å²) in [5.74, 6) is 0.167. The summed E-state index contributed by atoms with van der Waals surface area (Å²) >= 11 is 0. The van der Waals surface area contributed by atoms with E-state index in [0.29, 0.717) is 11.5 Å². The van der Waals surface area contributed by atoms with E-state index < -0.39 is 17.6 Å². The molecule has 1 heterocycles. The summed E-state index contributed by atoms with van der Waals surface area (Å²) < 4.78 is 44.8. The van der Waals surface area contributed by atoms with Gasteiger partial charge in [0.2, 0.25) is 0 Å². The van der Waals surface area contributed by atoms with E-state index in [1.165, 1.54) is 24.3 Å². The van der Waals surface area contributed by atoms with Gasteiger partial charge < -0.3 is 9.73 Å². The molecule has 0 aliphatic heterocycles. The molecule has 0 spiro atoms. The van der Waals surface area contributed by atoms with Crippen LogP contribution >= 0.6 is 0 Å². The maximum absolute atomic E-state index is 13.1. The largest absolute Gasteiger partial charge is 0.461 e. The molecule has 0 fully saturated rings. The maximum atomic E-state index is 13.1. The molecule has 0 aliphatic carbocycles. The molecular formula is C20H16F3NO2. The SMILES string of the molecule is Cc1ccc(-c2cc(C(=O)Nc3ccccc3C(F)(F)F)c(C)o2)cc1. The Morgan fingerprint density at radius 2 is 1.65 bits per heavy atom. The lowest BCUT2D eigenvalue weighted by atomic mass is 10.1. The Hall–Kier alpha value is -3.02. The normalized spacial score (nSPS) is 11.4. The van der Waals surface area contributed by atoms with Gasteiger partial charge in [-0.25, -0.2) is 0 Å². The molecule has 3 nitrogen and oxygen atoms in total. The number of furan rings is 1. The summed E-state index contributed by atoms with van der Waals surface area (Å²) in [7, 11) is 0. The van der Waals surface area contributed by atoms with Crippen molar-refractivity contribution in [2.45, 2.75) is 20.0 Å². The Morgan fingerprint density at radius 3 is 2.31 bits per heavy atom. The number of halogens is 3. The highest BCUT2D eigenvalue weighted by atomic mass is 19.4. The smallest absolute Gasteiger partial charge is 0.418 e. The Bertz CT molecular complexity index is 940. The van der Waals surface area contributed by atoms with Gasteiger partial charge in [0.15, 0.2) is 0 Å². The van der Waals surface area contributed by atoms with Crippen LogP contribution in [0.1, 0.15) is 27.2 Å². The van der Waals surface area contributed by atoms with Crippen LogP contribution < -0.4 is 5.32 Å². The van der Waals surface area contributed by atoms with Gasteiger partial charge in [-0.2, -0.15) is 13.2 Å². The van der Waals surface area contributed by atoms with Crippen LogP contribution in [0.3, 0.4) is 0 Å². The topological polar surface area (TPSA) is 42.2 Å². The van der Waals surface area contributed by atoms with Crippen molar-refractivity contribution in [3.05, 3.63) is 77.0 Å². The van der Waals surface area contributed by atoms with Crippen molar-refractivity contribution in [2.75, 3.05) is 5.32 Å². The number of alkyl halides is 3. The van der Waals surface area contributed by atoms with Crippen molar-refractivity contribution in [1.82, 2.24) is 0 Å². The first-order chi connectivity index (χ1) is 12.3. The molecule has 3 aromatic rings. The van der Waals surface area contributed by atoms with E-state index in [-0.39, 0.29) is 11.3 Å². The molecule has 1 amide bonds. The van der Waals surface area contributed by atoms with Crippen molar-refractivity contribution in [3.63, 3.8) is 0 Å². The number of para-hydroxylation sites is 1. The second-order valence-electron chi connectivity index (χ2n) is 5.94. The number of carbonyl (C=O) groups excluding carboxylic acids is 1. The molecule has 0 bridgehead atoms. The van der Waals surface area contributed by atoms with Crippen LogP contribution in [0.15, 0.2) is 59.0 Å². The van der Waals surface area contributed by atoms with Gasteiger partial charge in [0.1, 0.15) is 11.5 Å². The van der Waals surface area contributed by atoms with E-state index in [2.05, 4.69) is 5.32 Å². The van der Waals surface area contributed by atoms with Gasteiger partial charge in [-0.3, -0.25) is 4.79 Å². The second-order valence-corrected chi connectivity index (χ2v) is 5.94. The fourth-order valence-electron chi connectivity index (χ4n) is 2.60. The summed E-state index contributed by atoms with van der Waals surface area (Å²) in [5, 5.41) is 2.33. The van der Waals surface area contributed by atoms with E-state index in [4.69, 9.17) is 4.42 Å². The van der Waals surface area contributed by atoms with Crippen LogP contribution in [0.5, 0.6) is 0 Å². The lowest BCUT2D eigenvalue weighted by Gasteiger charge is -2.13. The quantitative estimate of drug-likeness (QED) is 0.639. The number of rotatable bonds is 3. The summed E-state index contributed by atoms with van der Waals surface area (Å²) in [6.45, 7) is 3.55. The number of amides is 1. The third-order valence-corrected chi connectivity index (χ3v) is 3.98. The molecule has 1 N–H and O–H groups in total. The first-order valence-electron chi connectivity index (χ1n) is 7.91. The third kappa shape index (κ3) is 3.64.